The van der Waals surface area contributed by atoms with Gasteiger partial charge in [0.1, 0.15) is 6.17 Å². The van der Waals surface area contributed by atoms with Crippen LogP contribution in [0.5, 0.6) is 0 Å². The van der Waals surface area contributed by atoms with E-state index < -0.39 is 0 Å². The number of rotatable bonds is 8. The predicted octanol–water partition coefficient (Wildman–Crippen LogP) is 7.32. The summed E-state index contributed by atoms with van der Waals surface area (Å²) in [5.74, 6) is 6.23. The molecule has 4 aliphatic carbocycles. The lowest BCUT2D eigenvalue weighted by atomic mass is 9.45. The Morgan fingerprint density at radius 1 is 0.971 bits per heavy atom. The Kier molecular flexibility index (Phi) is 13.4. The first-order valence-electron chi connectivity index (χ1n) is 14.7. The average Bonchev–Trinajstić information content (AvgIpc) is 3.21. The molecule has 9 unspecified atom stereocenters. The van der Waals surface area contributed by atoms with Crippen LogP contribution in [-0.4, -0.2) is 58.0 Å². The normalized spacial score (nSPS) is 38.7. The van der Waals surface area contributed by atoms with Gasteiger partial charge >= 0.3 is 0 Å². The molecule has 4 rings (SSSR count). The van der Waals surface area contributed by atoms with Gasteiger partial charge in [-0.25, -0.2) is 0 Å². The van der Waals surface area contributed by atoms with Crippen LogP contribution in [-0.2, 0) is 0 Å². The Balaban J connectivity index is 0.000000803. The Bertz CT molecular complexity index is 621. The van der Waals surface area contributed by atoms with Crippen molar-refractivity contribution in [3.8, 4) is 0 Å². The van der Waals surface area contributed by atoms with Crippen molar-refractivity contribution in [2.45, 2.75) is 98.1 Å². The summed E-state index contributed by atoms with van der Waals surface area (Å²) >= 11 is 2.13. The molecule has 0 aromatic carbocycles. The Hall–Kier alpha value is 0.170. The molecule has 0 spiro atoms. The number of hydrogen-bond donors (Lipinski definition) is 2. The summed E-state index contributed by atoms with van der Waals surface area (Å²) in [6.07, 6.45) is 17.0. The van der Waals surface area contributed by atoms with Crippen molar-refractivity contribution < 1.29 is 0 Å². The molecular weight excluding hydrogens is 467 g/mol. The zero-order chi connectivity index (χ0) is 26.1. The van der Waals surface area contributed by atoms with E-state index in [1.54, 1.807) is 12.8 Å². The zero-order valence-electron chi connectivity index (χ0n) is 24.5. The zero-order valence-corrected chi connectivity index (χ0v) is 26.3. The van der Waals surface area contributed by atoms with Crippen molar-refractivity contribution in [3.63, 3.8) is 0 Å². The summed E-state index contributed by atoms with van der Waals surface area (Å²) in [5, 5.41) is 12.1. The third-order valence-corrected chi connectivity index (χ3v) is 13.4. The van der Waals surface area contributed by atoms with Gasteiger partial charge in [0, 0.05) is 19.5 Å². The SMILES string of the molecule is C=NN(C)C(CSPCC1CCC2C3CCC4CCCCC4(C)C3CCC12C)NC.CC.CNC. The van der Waals surface area contributed by atoms with E-state index in [1.807, 2.05) is 47.0 Å². The van der Waals surface area contributed by atoms with Crippen LogP contribution < -0.4 is 10.6 Å². The van der Waals surface area contributed by atoms with Crippen LogP contribution >= 0.6 is 19.2 Å². The number of nitrogens with zero attached hydrogens (tertiary/aromatic N) is 2. The van der Waals surface area contributed by atoms with E-state index in [-0.39, 0.29) is 0 Å². The van der Waals surface area contributed by atoms with Crippen molar-refractivity contribution in [1.29, 1.82) is 0 Å². The molecule has 4 aliphatic rings. The number of fused-ring (bicyclic) bond motifs is 5. The van der Waals surface area contributed by atoms with Crippen molar-refractivity contribution in [2.24, 2.45) is 45.5 Å². The second-order valence-corrected chi connectivity index (χ2v) is 15.0. The summed E-state index contributed by atoms with van der Waals surface area (Å²) in [7, 11) is 8.81. The number of nitrogens with one attached hydrogen (secondary N) is 2. The van der Waals surface area contributed by atoms with Crippen LogP contribution in [0.4, 0.5) is 0 Å². The molecule has 2 N–H and O–H groups in total. The van der Waals surface area contributed by atoms with Gasteiger partial charge in [0.15, 0.2) is 0 Å². The van der Waals surface area contributed by atoms with E-state index in [2.05, 4.69) is 47.7 Å². The molecular formula is C29H59N4PS. The lowest BCUT2D eigenvalue weighted by Gasteiger charge is -2.60. The van der Waals surface area contributed by atoms with Crippen LogP contribution in [0.15, 0.2) is 5.10 Å². The minimum absolute atomic E-state index is 0.300. The smallest absolute Gasteiger partial charge is 0.105 e. The third kappa shape index (κ3) is 6.98. The largest absolute Gasteiger partial charge is 0.323 e. The first-order chi connectivity index (χ1) is 16.9. The summed E-state index contributed by atoms with van der Waals surface area (Å²) in [6, 6.07) is 0. The molecule has 4 nitrogen and oxygen atoms in total. The van der Waals surface area contributed by atoms with Crippen LogP contribution in [0.3, 0.4) is 0 Å². The molecule has 0 amide bonds. The molecule has 9 atom stereocenters. The van der Waals surface area contributed by atoms with Gasteiger partial charge in [0.05, 0.1) is 0 Å². The lowest BCUT2D eigenvalue weighted by molar-refractivity contribution is -0.109. The van der Waals surface area contributed by atoms with Gasteiger partial charge in [-0.1, -0.05) is 48.3 Å². The fourth-order valence-electron chi connectivity index (χ4n) is 8.51. The van der Waals surface area contributed by atoms with Gasteiger partial charge in [-0.05, 0) is 119 Å². The highest BCUT2D eigenvalue weighted by atomic mass is 32.7. The molecule has 4 saturated carbocycles. The van der Waals surface area contributed by atoms with E-state index in [4.69, 9.17) is 0 Å². The maximum Gasteiger partial charge on any atom is 0.105 e. The van der Waals surface area contributed by atoms with Crippen molar-refractivity contribution in [3.05, 3.63) is 0 Å². The van der Waals surface area contributed by atoms with Crippen LogP contribution in [0.25, 0.3) is 0 Å². The molecule has 0 radical (unpaired) electrons. The van der Waals surface area contributed by atoms with Crippen molar-refractivity contribution >= 4 is 25.9 Å². The molecule has 206 valence electrons. The van der Waals surface area contributed by atoms with Gasteiger partial charge in [-0.2, -0.15) is 5.10 Å². The molecule has 0 aromatic heterocycles. The molecule has 4 fully saturated rings. The number of hydrazone groups is 1. The maximum absolute atomic E-state index is 4.06. The van der Waals surface area contributed by atoms with Gasteiger partial charge in [-0.15, -0.1) is 11.4 Å². The predicted molar refractivity (Wildman–Crippen MR) is 162 cm³/mol. The average molecular weight is 527 g/mol. The summed E-state index contributed by atoms with van der Waals surface area (Å²) < 4.78 is 0. The Morgan fingerprint density at radius 3 is 2.31 bits per heavy atom. The van der Waals surface area contributed by atoms with Gasteiger partial charge in [0.2, 0.25) is 0 Å². The minimum atomic E-state index is 0.300. The fraction of sp³-hybridized carbons (Fsp3) is 0.966. The van der Waals surface area contributed by atoms with Crippen LogP contribution in [0.1, 0.15) is 91.9 Å². The lowest BCUT2D eigenvalue weighted by Crippen LogP contribution is -2.52. The van der Waals surface area contributed by atoms with E-state index in [9.17, 15) is 0 Å². The highest BCUT2D eigenvalue weighted by Gasteiger charge is 2.59. The molecule has 0 aliphatic heterocycles. The van der Waals surface area contributed by atoms with Crippen LogP contribution in [0.2, 0.25) is 0 Å². The van der Waals surface area contributed by atoms with Gasteiger partial charge in [-0.3, -0.25) is 10.3 Å². The van der Waals surface area contributed by atoms with E-state index in [0.717, 1.165) is 43.1 Å². The molecule has 6 heteroatoms. The maximum atomic E-state index is 4.06. The molecule has 0 bridgehead atoms. The van der Waals surface area contributed by atoms with Crippen molar-refractivity contribution in [1.82, 2.24) is 15.6 Å². The first-order valence-corrected chi connectivity index (χ1v) is 17.6. The Morgan fingerprint density at radius 2 is 1.66 bits per heavy atom. The molecule has 0 aromatic rings. The monoisotopic (exact) mass is 526 g/mol. The summed E-state index contributed by atoms with van der Waals surface area (Å²) in [4.78, 5) is 0. The quantitative estimate of drug-likeness (QED) is 0.114. The van der Waals surface area contributed by atoms with Gasteiger partial charge in [0.25, 0.3) is 0 Å². The van der Waals surface area contributed by atoms with Crippen LogP contribution in [0, 0.1) is 40.4 Å². The highest BCUT2D eigenvalue weighted by Crippen LogP contribution is 2.68. The first kappa shape index (κ1) is 31.4. The minimum Gasteiger partial charge on any atom is -0.323 e. The summed E-state index contributed by atoms with van der Waals surface area (Å²) in [5.41, 5.74) is 1.32. The second kappa shape index (κ2) is 14.9. The topological polar surface area (TPSA) is 39.7 Å². The van der Waals surface area contributed by atoms with E-state index in [1.165, 1.54) is 57.5 Å². The third-order valence-electron chi connectivity index (χ3n) is 10.5. The molecule has 0 heterocycles. The Labute approximate surface area is 224 Å². The highest BCUT2D eigenvalue weighted by molar-refractivity contribution is 8.49. The molecule has 35 heavy (non-hydrogen) atoms. The van der Waals surface area contributed by atoms with Gasteiger partial charge < -0.3 is 5.32 Å². The standard InChI is InChI=1S/C25H46N3PS.C2H7N.C2H6/c1-24-14-7-6-8-18(24)9-11-20-21-12-10-19(25(21,2)15-13-22(20)24)16-29-30-17-23(26-3)28(5)27-4;1-3-2;1-2/h18-23,26,29H,4,6-17H2,1-3,5H3;3H,1-2H3;1-2H3. The number of hydrogen-bond acceptors (Lipinski definition) is 5. The fourth-order valence-corrected chi connectivity index (χ4v) is 11.9. The van der Waals surface area contributed by atoms with Crippen molar-refractivity contribution in [2.75, 3.05) is 40.1 Å². The van der Waals surface area contributed by atoms with E-state index >= 15 is 0 Å². The van der Waals surface area contributed by atoms with E-state index in [0.29, 0.717) is 17.0 Å². The molecule has 0 saturated heterocycles. The second-order valence-electron chi connectivity index (χ2n) is 11.9. The summed E-state index contributed by atoms with van der Waals surface area (Å²) in [6.45, 7) is 13.1.